The zero-order chi connectivity index (χ0) is 10.3. The number of rotatable bonds is 0. The van der Waals surface area contributed by atoms with Crippen molar-refractivity contribution in [1.29, 1.82) is 0 Å². The molecule has 74 valence electrons. The minimum atomic E-state index is -0.181. The van der Waals surface area contributed by atoms with Gasteiger partial charge in [-0.1, -0.05) is 12.1 Å². The van der Waals surface area contributed by atoms with Gasteiger partial charge in [-0.15, -0.1) is 0 Å². The molecule has 1 aromatic carbocycles. The molecule has 3 rings (SSSR count). The van der Waals surface area contributed by atoms with Crippen LogP contribution in [0.4, 0.5) is 5.95 Å². The predicted molar refractivity (Wildman–Crippen MR) is 59.8 cm³/mol. The van der Waals surface area contributed by atoms with Crippen LogP contribution in [0, 0.1) is 0 Å². The number of nitrogens with zero attached hydrogens (tertiary/aromatic N) is 2. The molecule has 0 spiro atoms. The van der Waals surface area contributed by atoms with Crippen LogP contribution in [-0.4, -0.2) is 16.1 Å². The van der Waals surface area contributed by atoms with Gasteiger partial charge in [0.05, 0.1) is 10.9 Å². The van der Waals surface area contributed by atoms with Crippen LogP contribution in [0.15, 0.2) is 35.1 Å². The molecule has 0 aliphatic carbocycles. The van der Waals surface area contributed by atoms with E-state index in [9.17, 15) is 4.79 Å². The van der Waals surface area contributed by atoms with Crippen molar-refractivity contribution in [1.82, 2.24) is 9.55 Å². The zero-order valence-electron chi connectivity index (χ0n) is 7.97. The molecular weight excluding hydrogens is 190 g/mol. The van der Waals surface area contributed by atoms with Crippen LogP contribution in [0.5, 0.6) is 0 Å². The zero-order valence-corrected chi connectivity index (χ0v) is 7.97. The van der Waals surface area contributed by atoms with E-state index in [0.29, 0.717) is 17.9 Å². The van der Waals surface area contributed by atoms with Crippen molar-refractivity contribution in [3.8, 4) is 0 Å². The Kier molecular flexibility index (Phi) is 1.62. The fourth-order valence-electron chi connectivity index (χ4n) is 1.77. The molecule has 4 nitrogen and oxygen atoms in total. The molecular formula is C11H9N3O. The maximum absolute atomic E-state index is 11.7. The molecule has 0 atom stereocenters. The van der Waals surface area contributed by atoms with E-state index in [-0.39, 0.29) is 5.56 Å². The molecule has 1 aromatic heterocycles. The van der Waals surface area contributed by atoms with E-state index in [1.807, 2.05) is 35.0 Å². The monoisotopic (exact) mass is 199 g/mol. The first-order valence-corrected chi connectivity index (χ1v) is 4.78. The van der Waals surface area contributed by atoms with Gasteiger partial charge in [0.2, 0.25) is 5.95 Å². The SMILES string of the molecule is O=c1nc2n(c3ccccc13)C=CCN2. The first-order valence-electron chi connectivity index (χ1n) is 4.78. The Labute approximate surface area is 85.9 Å². The summed E-state index contributed by atoms with van der Waals surface area (Å²) in [6, 6.07) is 7.47. The highest BCUT2D eigenvalue weighted by Crippen LogP contribution is 2.16. The molecule has 0 saturated carbocycles. The number of hydrogen-bond donors (Lipinski definition) is 1. The van der Waals surface area contributed by atoms with Crippen LogP contribution in [0.1, 0.15) is 0 Å². The van der Waals surface area contributed by atoms with E-state index >= 15 is 0 Å². The highest BCUT2D eigenvalue weighted by atomic mass is 16.1. The summed E-state index contributed by atoms with van der Waals surface area (Å²) in [5.41, 5.74) is 0.704. The molecule has 0 saturated heterocycles. The summed E-state index contributed by atoms with van der Waals surface area (Å²) in [5, 5.41) is 3.71. The molecule has 1 aliphatic rings. The maximum atomic E-state index is 11.7. The van der Waals surface area contributed by atoms with Crippen LogP contribution in [0.3, 0.4) is 0 Å². The summed E-state index contributed by atoms with van der Waals surface area (Å²) in [6.07, 6.45) is 3.92. The van der Waals surface area contributed by atoms with Crippen molar-refractivity contribution in [2.45, 2.75) is 0 Å². The van der Waals surface area contributed by atoms with Gasteiger partial charge < -0.3 is 5.32 Å². The lowest BCUT2D eigenvalue weighted by molar-refractivity contribution is 1.02. The van der Waals surface area contributed by atoms with Crippen molar-refractivity contribution in [2.75, 3.05) is 11.9 Å². The van der Waals surface area contributed by atoms with E-state index in [2.05, 4.69) is 10.3 Å². The first kappa shape index (κ1) is 8.23. The second-order valence-corrected chi connectivity index (χ2v) is 3.39. The summed E-state index contributed by atoms with van der Waals surface area (Å²) in [7, 11) is 0. The largest absolute Gasteiger partial charge is 0.352 e. The van der Waals surface area contributed by atoms with Gasteiger partial charge in [-0.05, 0) is 18.2 Å². The van der Waals surface area contributed by atoms with E-state index in [1.54, 1.807) is 6.07 Å². The van der Waals surface area contributed by atoms with Gasteiger partial charge in [0.25, 0.3) is 5.56 Å². The molecule has 2 aromatic rings. The molecule has 0 bridgehead atoms. The van der Waals surface area contributed by atoms with Gasteiger partial charge in [-0.3, -0.25) is 9.36 Å². The molecule has 1 aliphatic heterocycles. The second kappa shape index (κ2) is 2.95. The van der Waals surface area contributed by atoms with Crippen molar-refractivity contribution < 1.29 is 0 Å². The van der Waals surface area contributed by atoms with Gasteiger partial charge in [0.15, 0.2) is 0 Å². The lowest BCUT2D eigenvalue weighted by atomic mass is 10.2. The number of fused-ring (bicyclic) bond motifs is 3. The van der Waals surface area contributed by atoms with Crippen molar-refractivity contribution >= 4 is 23.1 Å². The first-order chi connectivity index (χ1) is 7.36. The number of hydrogen-bond acceptors (Lipinski definition) is 3. The predicted octanol–water partition coefficient (Wildman–Crippen LogP) is 1.29. The standard InChI is InChI=1S/C11H9N3O/c15-10-8-4-1-2-5-9(8)14-7-3-6-12-11(14)13-10/h1-5,7H,6H2,(H,12,13,15). The molecule has 0 fully saturated rings. The van der Waals surface area contributed by atoms with Crippen LogP contribution < -0.4 is 10.9 Å². The Morgan fingerprint density at radius 2 is 2.20 bits per heavy atom. The third-order valence-electron chi connectivity index (χ3n) is 2.46. The van der Waals surface area contributed by atoms with Crippen LogP contribution in [0.2, 0.25) is 0 Å². The van der Waals surface area contributed by atoms with Crippen molar-refractivity contribution in [3.63, 3.8) is 0 Å². The average molecular weight is 199 g/mol. The Morgan fingerprint density at radius 3 is 3.13 bits per heavy atom. The average Bonchev–Trinajstić information content (AvgIpc) is 2.30. The smallest absolute Gasteiger partial charge is 0.282 e. The van der Waals surface area contributed by atoms with Gasteiger partial charge in [0.1, 0.15) is 0 Å². The number of aromatic nitrogens is 2. The Hall–Kier alpha value is -2.10. The van der Waals surface area contributed by atoms with Crippen molar-refractivity contribution in [3.05, 3.63) is 40.7 Å². The lowest BCUT2D eigenvalue weighted by Gasteiger charge is -2.15. The van der Waals surface area contributed by atoms with Gasteiger partial charge in [0, 0.05) is 12.7 Å². The highest BCUT2D eigenvalue weighted by molar-refractivity contribution is 5.81. The summed E-state index contributed by atoms with van der Waals surface area (Å²) in [4.78, 5) is 15.6. The second-order valence-electron chi connectivity index (χ2n) is 3.39. The fourth-order valence-corrected chi connectivity index (χ4v) is 1.77. The lowest BCUT2D eigenvalue weighted by Crippen LogP contribution is -2.19. The molecule has 0 amide bonds. The van der Waals surface area contributed by atoms with E-state index < -0.39 is 0 Å². The van der Waals surface area contributed by atoms with Gasteiger partial charge >= 0.3 is 0 Å². The Bertz CT molecular complexity index is 613. The van der Waals surface area contributed by atoms with Crippen LogP contribution in [0.25, 0.3) is 17.1 Å². The third kappa shape index (κ3) is 1.15. The summed E-state index contributed by atoms with van der Waals surface area (Å²) in [5.74, 6) is 0.612. The minimum absolute atomic E-state index is 0.181. The van der Waals surface area contributed by atoms with Gasteiger partial charge in [-0.25, -0.2) is 0 Å². The Morgan fingerprint density at radius 1 is 1.33 bits per heavy atom. The molecule has 2 heterocycles. The fraction of sp³-hybridized carbons (Fsp3) is 0.0909. The summed E-state index contributed by atoms with van der Waals surface area (Å²) < 4.78 is 1.89. The van der Waals surface area contributed by atoms with Crippen LogP contribution >= 0.6 is 0 Å². The maximum Gasteiger partial charge on any atom is 0.282 e. The van der Waals surface area contributed by atoms with Gasteiger partial charge in [-0.2, -0.15) is 4.98 Å². The third-order valence-corrected chi connectivity index (χ3v) is 2.46. The van der Waals surface area contributed by atoms with Crippen LogP contribution in [-0.2, 0) is 0 Å². The van der Waals surface area contributed by atoms with Crippen molar-refractivity contribution in [2.24, 2.45) is 0 Å². The molecule has 0 radical (unpaired) electrons. The number of benzene rings is 1. The van der Waals surface area contributed by atoms with E-state index in [1.165, 1.54) is 0 Å². The van der Waals surface area contributed by atoms with E-state index in [0.717, 1.165) is 5.52 Å². The molecule has 4 heteroatoms. The molecule has 15 heavy (non-hydrogen) atoms. The minimum Gasteiger partial charge on any atom is -0.352 e. The quantitative estimate of drug-likeness (QED) is 0.695. The molecule has 0 unspecified atom stereocenters. The highest BCUT2D eigenvalue weighted by Gasteiger charge is 2.09. The Balaban J connectivity index is 2.52. The number of nitrogens with one attached hydrogen (secondary N) is 1. The summed E-state index contributed by atoms with van der Waals surface area (Å²) in [6.45, 7) is 0.713. The topological polar surface area (TPSA) is 46.9 Å². The normalized spacial score (nSPS) is 13.6. The summed E-state index contributed by atoms with van der Waals surface area (Å²) >= 11 is 0. The van der Waals surface area contributed by atoms with E-state index in [4.69, 9.17) is 0 Å². The number of anilines is 1. The number of para-hydroxylation sites is 1. The molecule has 1 N–H and O–H groups in total.